The molecule has 1 aromatic rings. The molecule has 1 aliphatic heterocycles. The molecule has 1 aromatic carbocycles. The number of hydrogen-bond acceptors (Lipinski definition) is 4. The summed E-state index contributed by atoms with van der Waals surface area (Å²) in [6, 6.07) is 5.52. The predicted octanol–water partition coefficient (Wildman–Crippen LogP) is 1.98. The van der Waals surface area contributed by atoms with Crippen LogP contribution in [-0.2, 0) is 4.74 Å². The Labute approximate surface area is 126 Å². The lowest BCUT2D eigenvalue weighted by atomic mass is 10.1. The molecule has 2 N–H and O–H groups in total. The van der Waals surface area contributed by atoms with Crippen LogP contribution in [0.25, 0.3) is 0 Å². The SMILES string of the molecule is CCOC1CCN(C(=O)c2ccc(N(C)C)c(N)c2)CC1. The van der Waals surface area contributed by atoms with E-state index >= 15 is 0 Å². The first-order chi connectivity index (χ1) is 10.0. The number of amides is 1. The van der Waals surface area contributed by atoms with Crippen LogP contribution in [0.3, 0.4) is 0 Å². The summed E-state index contributed by atoms with van der Waals surface area (Å²) in [5, 5.41) is 0. The molecule has 2 rings (SSSR count). The summed E-state index contributed by atoms with van der Waals surface area (Å²) in [5.41, 5.74) is 8.25. The fraction of sp³-hybridized carbons (Fsp3) is 0.562. The second-order valence-corrected chi connectivity index (χ2v) is 5.61. The smallest absolute Gasteiger partial charge is 0.253 e. The zero-order valence-electron chi connectivity index (χ0n) is 13.1. The van der Waals surface area contributed by atoms with Gasteiger partial charge < -0.3 is 20.3 Å². The minimum absolute atomic E-state index is 0.0574. The van der Waals surface area contributed by atoms with Crippen LogP contribution in [0.1, 0.15) is 30.1 Å². The summed E-state index contributed by atoms with van der Waals surface area (Å²) in [6.45, 7) is 4.24. The number of carbonyl (C=O) groups excluding carboxylic acids is 1. The van der Waals surface area contributed by atoms with Crippen LogP contribution in [0.15, 0.2) is 18.2 Å². The van der Waals surface area contributed by atoms with Crippen LogP contribution in [0.4, 0.5) is 11.4 Å². The number of nitrogen functional groups attached to an aromatic ring is 1. The van der Waals surface area contributed by atoms with Crippen molar-refractivity contribution in [3.63, 3.8) is 0 Å². The molecule has 5 heteroatoms. The van der Waals surface area contributed by atoms with E-state index in [1.165, 1.54) is 0 Å². The summed E-state index contributed by atoms with van der Waals surface area (Å²) >= 11 is 0. The monoisotopic (exact) mass is 291 g/mol. The molecule has 0 spiro atoms. The van der Waals surface area contributed by atoms with E-state index in [0.29, 0.717) is 17.4 Å². The first-order valence-corrected chi connectivity index (χ1v) is 7.50. The number of carbonyl (C=O) groups is 1. The molecule has 0 saturated carbocycles. The second-order valence-electron chi connectivity index (χ2n) is 5.61. The maximum absolute atomic E-state index is 12.5. The number of benzene rings is 1. The van der Waals surface area contributed by atoms with Crippen LogP contribution in [0.2, 0.25) is 0 Å². The van der Waals surface area contributed by atoms with Crippen molar-refractivity contribution < 1.29 is 9.53 Å². The van der Waals surface area contributed by atoms with Gasteiger partial charge in [0.15, 0.2) is 0 Å². The molecule has 0 atom stereocenters. The van der Waals surface area contributed by atoms with E-state index in [1.807, 2.05) is 43.0 Å². The van der Waals surface area contributed by atoms with Crippen LogP contribution in [0, 0.1) is 0 Å². The minimum Gasteiger partial charge on any atom is -0.397 e. The van der Waals surface area contributed by atoms with Crippen LogP contribution in [-0.4, -0.2) is 50.7 Å². The molecule has 0 radical (unpaired) electrons. The van der Waals surface area contributed by atoms with Gasteiger partial charge in [-0.1, -0.05) is 0 Å². The van der Waals surface area contributed by atoms with Crippen molar-refractivity contribution in [3.8, 4) is 0 Å². The summed E-state index contributed by atoms with van der Waals surface area (Å²) in [6.07, 6.45) is 2.11. The topological polar surface area (TPSA) is 58.8 Å². The van der Waals surface area contributed by atoms with E-state index in [1.54, 1.807) is 6.07 Å². The van der Waals surface area contributed by atoms with Gasteiger partial charge in [0.2, 0.25) is 0 Å². The molecule has 1 aliphatic rings. The highest BCUT2D eigenvalue weighted by Gasteiger charge is 2.24. The first kappa shape index (κ1) is 15.6. The number of ether oxygens (including phenoxy) is 1. The molecule has 0 unspecified atom stereocenters. The lowest BCUT2D eigenvalue weighted by Gasteiger charge is -2.32. The molecule has 116 valence electrons. The Bertz CT molecular complexity index is 494. The van der Waals surface area contributed by atoms with Gasteiger partial charge in [-0.2, -0.15) is 0 Å². The van der Waals surface area contributed by atoms with Gasteiger partial charge in [0, 0.05) is 39.4 Å². The van der Waals surface area contributed by atoms with Gasteiger partial charge in [0.1, 0.15) is 0 Å². The van der Waals surface area contributed by atoms with Crippen LogP contribution in [0.5, 0.6) is 0 Å². The fourth-order valence-electron chi connectivity index (χ4n) is 2.74. The molecular weight excluding hydrogens is 266 g/mol. The molecule has 1 heterocycles. The van der Waals surface area contributed by atoms with Crippen molar-refractivity contribution in [2.75, 3.05) is 44.4 Å². The van der Waals surface area contributed by atoms with Crippen molar-refractivity contribution in [2.45, 2.75) is 25.9 Å². The van der Waals surface area contributed by atoms with E-state index in [-0.39, 0.29) is 5.91 Å². The van der Waals surface area contributed by atoms with Gasteiger partial charge >= 0.3 is 0 Å². The average Bonchev–Trinajstić information content (AvgIpc) is 2.47. The number of nitrogens with zero attached hydrogens (tertiary/aromatic N) is 2. The molecule has 5 nitrogen and oxygen atoms in total. The largest absolute Gasteiger partial charge is 0.397 e. The molecular formula is C16H25N3O2. The number of likely N-dealkylation sites (tertiary alicyclic amines) is 1. The second kappa shape index (κ2) is 6.80. The third kappa shape index (κ3) is 3.67. The first-order valence-electron chi connectivity index (χ1n) is 7.50. The summed E-state index contributed by atoms with van der Waals surface area (Å²) in [4.78, 5) is 16.3. The maximum Gasteiger partial charge on any atom is 0.253 e. The third-order valence-electron chi connectivity index (χ3n) is 3.89. The Balaban J connectivity index is 2.02. The minimum atomic E-state index is 0.0574. The van der Waals surface area contributed by atoms with E-state index < -0.39 is 0 Å². The van der Waals surface area contributed by atoms with Crippen molar-refractivity contribution in [2.24, 2.45) is 0 Å². The van der Waals surface area contributed by atoms with Crippen LogP contribution < -0.4 is 10.6 Å². The lowest BCUT2D eigenvalue weighted by Crippen LogP contribution is -2.40. The van der Waals surface area contributed by atoms with Gasteiger partial charge in [-0.25, -0.2) is 0 Å². The molecule has 0 aromatic heterocycles. The Hall–Kier alpha value is -1.75. The molecule has 1 fully saturated rings. The van der Waals surface area contributed by atoms with Gasteiger partial charge in [-0.15, -0.1) is 0 Å². The van der Waals surface area contributed by atoms with Crippen molar-refractivity contribution >= 4 is 17.3 Å². The van der Waals surface area contributed by atoms with Crippen molar-refractivity contribution in [3.05, 3.63) is 23.8 Å². The van der Waals surface area contributed by atoms with E-state index in [0.717, 1.165) is 38.2 Å². The van der Waals surface area contributed by atoms with Gasteiger partial charge in [-0.3, -0.25) is 4.79 Å². The van der Waals surface area contributed by atoms with E-state index in [4.69, 9.17) is 10.5 Å². The Morgan fingerprint density at radius 2 is 2.05 bits per heavy atom. The fourth-order valence-corrected chi connectivity index (χ4v) is 2.74. The highest BCUT2D eigenvalue weighted by atomic mass is 16.5. The number of hydrogen-bond donors (Lipinski definition) is 1. The molecule has 0 bridgehead atoms. The highest BCUT2D eigenvalue weighted by Crippen LogP contribution is 2.24. The molecule has 1 amide bonds. The summed E-state index contributed by atoms with van der Waals surface area (Å²) < 4.78 is 5.61. The number of nitrogens with two attached hydrogens (primary N) is 1. The number of piperidine rings is 1. The number of rotatable bonds is 4. The standard InChI is InChI=1S/C16H25N3O2/c1-4-21-13-7-9-19(10-8-13)16(20)12-5-6-15(18(2)3)14(17)11-12/h5-6,11,13H,4,7-10,17H2,1-3H3. The summed E-state index contributed by atoms with van der Waals surface area (Å²) in [5.74, 6) is 0.0574. The highest BCUT2D eigenvalue weighted by molar-refractivity contribution is 5.96. The number of anilines is 2. The Kier molecular flexibility index (Phi) is 5.07. The van der Waals surface area contributed by atoms with Gasteiger partial charge in [0.05, 0.1) is 17.5 Å². The predicted molar refractivity (Wildman–Crippen MR) is 85.7 cm³/mol. The Morgan fingerprint density at radius 1 is 1.38 bits per heavy atom. The molecule has 21 heavy (non-hydrogen) atoms. The molecule has 1 saturated heterocycles. The van der Waals surface area contributed by atoms with Crippen LogP contribution >= 0.6 is 0 Å². The van der Waals surface area contributed by atoms with E-state index in [9.17, 15) is 4.79 Å². The summed E-state index contributed by atoms with van der Waals surface area (Å²) in [7, 11) is 3.87. The normalized spacial score (nSPS) is 16.0. The van der Waals surface area contributed by atoms with Crippen molar-refractivity contribution in [1.29, 1.82) is 0 Å². The maximum atomic E-state index is 12.5. The zero-order chi connectivity index (χ0) is 15.4. The lowest BCUT2D eigenvalue weighted by molar-refractivity contribution is 0.0146. The van der Waals surface area contributed by atoms with Crippen molar-refractivity contribution in [1.82, 2.24) is 4.90 Å². The van der Waals surface area contributed by atoms with E-state index in [2.05, 4.69) is 0 Å². The quantitative estimate of drug-likeness (QED) is 0.862. The molecule has 0 aliphatic carbocycles. The van der Waals surface area contributed by atoms with Gasteiger partial charge in [-0.05, 0) is 38.0 Å². The zero-order valence-corrected chi connectivity index (χ0v) is 13.1. The third-order valence-corrected chi connectivity index (χ3v) is 3.89. The Morgan fingerprint density at radius 3 is 2.57 bits per heavy atom. The average molecular weight is 291 g/mol. The van der Waals surface area contributed by atoms with Gasteiger partial charge in [0.25, 0.3) is 5.91 Å².